The quantitative estimate of drug-likeness (QED) is 0.855. The van der Waals surface area contributed by atoms with Crippen LogP contribution in [-0.2, 0) is 4.79 Å². The van der Waals surface area contributed by atoms with E-state index in [0.29, 0.717) is 18.3 Å². The molecule has 1 heterocycles. The summed E-state index contributed by atoms with van der Waals surface area (Å²) in [5.41, 5.74) is 0. The largest absolute Gasteiger partial charge is 0.481 e. The first-order valence-electron chi connectivity index (χ1n) is 8.43. The molecule has 116 valence electrons. The lowest BCUT2D eigenvalue weighted by molar-refractivity contribution is -0.138. The van der Waals surface area contributed by atoms with Gasteiger partial charge < -0.3 is 5.11 Å². The van der Waals surface area contributed by atoms with Gasteiger partial charge >= 0.3 is 5.97 Å². The highest BCUT2D eigenvalue weighted by Gasteiger charge is 2.34. The zero-order chi connectivity index (χ0) is 14.7. The van der Waals surface area contributed by atoms with Crippen molar-refractivity contribution in [1.82, 2.24) is 4.90 Å². The number of piperidine rings is 1. The molecule has 1 saturated heterocycles. The number of carboxylic acid groups (broad SMARTS) is 1. The minimum Gasteiger partial charge on any atom is -0.481 e. The molecule has 2 rings (SSSR count). The topological polar surface area (TPSA) is 40.5 Å². The van der Waals surface area contributed by atoms with Gasteiger partial charge in [-0.1, -0.05) is 20.8 Å². The Morgan fingerprint density at radius 2 is 2.05 bits per heavy atom. The minimum absolute atomic E-state index is 0.313. The Morgan fingerprint density at radius 1 is 1.30 bits per heavy atom. The van der Waals surface area contributed by atoms with E-state index in [1.54, 1.807) is 0 Å². The first-order valence-corrected chi connectivity index (χ1v) is 8.43. The fraction of sp³-hybridized carbons (Fsp3) is 0.941. The van der Waals surface area contributed by atoms with E-state index in [-0.39, 0.29) is 0 Å². The summed E-state index contributed by atoms with van der Waals surface area (Å²) in [7, 11) is 0. The number of aliphatic carboxylic acids is 1. The highest BCUT2D eigenvalue weighted by atomic mass is 16.4. The van der Waals surface area contributed by atoms with Gasteiger partial charge in [-0.15, -0.1) is 0 Å². The highest BCUT2D eigenvalue weighted by Crippen LogP contribution is 2.35. The average molecular weight is 281 g/mol. The van der Waals surface area contributed by atoms with Gasteiger partial charge in [0.15, 0.2) is 0 Å². The van der Waals surface area contributed by atoms with Crippen molar-refractivity contribution in [1.29, 1.82) is 0 Å². The molecule has 1 saturated carbocycles. The molecule has 0 amide bonds. The van der Waals surface area contributed by atoms with Crippen LogP contribution in [0.15, 0.2) is 0 Å². The van der Waals surface area contributed by atoms with E-state index in [1.807, 2.05) is 0 Å². The van der Waals surface area contributed by atoms with Crippen LogP contribution in [-0.4, -0.2) is 35.1 Å². The van der Waals surface area contributed by atoms with E-state index < -0.39 is 5.97 Å². The van der Waals surface area contributed by atoms with E-state index in [9.17, 15) is 4.79 Å². The Hall–Kier alpha value is -0.570. The second-order valence-corrected chi connectivity index (χ2v) is 7.44. The normalized spacial score (nSPS) is 37.5. The molecule has 0 spiro atoms. The van der Waals surface area contributed by atoms with Gasteiger partial charge in [-0.05, 0) is 62.3 Å². The van der Waals surface area contributed by atoms with Crippen LogP contribution in [0, 0.1) is 23.7 Å². The Labute approximate surface area is 123 Å². The van der Waals surface area contributed by atoms with Crippen molar-refractivity contribution in [3.8, 4) is 0 Å². The van der Waals surface area contributed by atoms with E-state index in [0.717, 1.165) is 24.4 Å². The fourth-order valence-electron chi connectivity index (χ4n) is 4.44. The number of rotatable bonds is 4. The minimum atomic E-state index is -0.644. The predicted molar refractivity (Wildman–Crippen MR) is 81.7 cm³/mol. The van der Waals surface area contributed by atoms with Gasteiger partial charge in [0.1, 0.15) is 0 Å². The molecule has 2 aliphatic rings. The van der Waals surface area contributed by atoms with Gasteiger partial charge in [-0.2, -0.15) is 0 Å². The van der Waals surface area contributed by atoms with Gasteiger partial charge in [0.2, 0.25) is 0 Å². The Bertz CT molecular complexity index is 331. The molecule has 2 fully saturated rings. The zero-order valence-corrected chi connectivity index (χ0v) is 13.3. The van der Waals surface area contributed by atoms with E-state index in [4.69, 9.17) is 5.11 Å². The molecule has 20 heavy (non-hydrogen) atoms. The molecule has 1 aliphatic carbocycles. The number of hydrogen-bond acceptors (Lipinski definition) is 2. The summed E-state index contributed by atoms with van der Waals surface area (Å²) < 4.78 is 0. The lowest BCUT2D eigenvalue weighted by Crippen LogP contribution is -2.48. The summed E-state index contributed by atoms with van der Waals surface area (Å²) >= 11 is 0. The molecule has 0 bridgehead atoms. The molecule has 5 atom stereocenters. The maximum Gasteiger partial charge on any atom is 0.303 e. The standard InChI is InChI=1S/C17H31NO2/c1-12-6-7-16(14(3)9-12)18-8-4-5-15(11-18)13(2)10-17(19)20/h12-16H,4-11H2,1-3H3,(H,19,20). The monoisotopic (exact) mass is 281 g/mol. The number of hydrogen-bond donors (Lipinski definition) is 1. The van der Waals surface area contributed by atoms with Gasteiger partial charge in [-0.3, -0.25) is 9.69 Å². The summed E-state index contributed by atoms with van der Waals surface area (Å²) in [6.07, 6.45) is 6.84. The van der Waals surface area contributed by atoms with E-state index in [2.05, 4.69) is 25.7 Å². The molecule has 1 N–H and O–H groups in total. The Kier molecular flexibility index (Phi) is 5.48. The van der Waals surface area contributed by atoms with E-state index in [1.165, 1.54) is 38.6 Å². The highest BCUT2D eigenvalue weighted by molar-refractivity contribution is 5.67. The van der Waals surface area contributed by atoms with Gasteiger partial charge in [0.25, 0.3) is 0 Å². The van der Waals surface area contributed by atoms with Crippen molar-refractivity contribution in [3.63, 3.8) is 0 Å². The molecule has 1 aliphatic heterocycles. The Morgan fingerprint density at radius 3 is 2.70 bits per heavy atom. The van der Waals surface area contributed by atoms with Crippen LogP contribution in [0.1, 0.15) is 59.3 Å². The van der Waals surface area contributed by atoms with Crippen molar-refractivity contribution in [3.05, 3.63) is 0 Å². The summed E-state index contributed by atoms with van der Waals surface area (Å²) in [6.45, 7) is 9.25. The van der Waals surface area contributed by atoms with Gasteiger partial charge in [0, 0.05) is 19.0 Å². The second-order valence-electron chi connectivity index (χ2n) is 7.44. The predicted octanol–water partition coefficient (Wildman–Crippen LogP) is 3.63. The summed E-state index contributed by atoms with van der Waals surface area (Å²) in [5.74, 6) is 1.93. The van der Waals surface area contributed by atoms with Crippen LogP contribution in [0.25, 0.3) is 0 Å². The van der Waals surface area contributed by atoms with Crippen LogP contribution < -0.4 is 0 Å². The Balaban J connectivity index is 1.91. The van der Waals surface area contributed by atoms with Gasteiger partial charge in [-0.25, -0.2) is 0 Å². The number of likely N-dealkylation sites (tertiary alicyclic amines) is 1. The first kappa shape index (κ1) is 15.8. The summed E-state index contributed by atoms with van der Waals surface area (Å²) in [5, 5.41) is 8.99. The molecule has 3 heteroatoms. The van der Waals surface area contributed by atoms with Gasteiger partial charge in [0.05, 0.1) is 0 Å². The molecule has 0 aromatic heterocycles. The van der Waals surface area contributed by atoms with Crippen molar-refractivity contribution in [2.75, 3.05) is 13.1 Å². The van der Waals surface area contributed by atoms with Crippen LogP contribution in [0.4, 0.5) is 0 Å². The smallest absolute Gasteiger partial charge is 0.303 e. The lowest BCUT2D eigenvalue weighted by atomic mass is 9.77. The van der Waals surface area contributed by atoms with Crippen molar-refractivity contribution < 1.29 is 9.90 Å². The third kappa shape index (κ3) is 3.97. The molecule has 0 radical (unpaired) electrons. The van der Waals surface area contributed by atoms with E-state index >= 15 is 0 Å². The molecule has 5 unspecified atom stereocenters. The number of nitrogens with zero attached hydrogens (tertiary/aromatic N) is 1. The first-order chi connectivity index (χ1) is 9.47. The molecular weight excluding hydrogens is 250 g/mol. The maximum absolute atomic E-state index is 10.9. The fourth-order valence-corrected chi connectivity index (χ4v) is 4.44. The van der Waals surface area contributed by atoms with Crippen LogP contribution in [0.5, 0.6) is 0 Å². The summed E-state index contributed by atoms with van der Waals surface area (Å²) in [4.78, 5) is 13.6. The summed E-state index contributed by atoms with van der Waals surface area (Å²) in [6, 6.07) is 0.742. The third-order valence-electron chi connectivity index (χ3n) is 5.65. The molecule has 0 aromatic carbocycles. The van der Waals surface area contributed by atoms with Crippen molar-refractivity contribution >= 4 is 5.97 Å². The van der Waals surface area contributed by atoms with Crippen LogP contribution in [0.3, 0.4) is 0 Å². The maximum atomic E-state index is 10.9. The molecule has 3 nitrogen and oxygen atoms in total. The van der Waals surface area contributed by atoms with Crippen LogP contribution in [0.2, 0.25) is 0 Å². The second kappa shape index (κ2) is 6.93. The average Bonchev–Trinajstić information content (AvgIpc) is 2.38. The molecule has 0 aromatic rings. The lowest BCUT2D eigenvalue weighted by Gasteiger charge is -2.45. The van der Waals surface area contributed by atoms with Crippen LogP contribution >= 0.6 is 0 Å². The SMILES string of the molecule is CC1CCC(N2CCCC(C(C)CC(=O)O)C2)C(C)C1. The van der Waals surface area contributed by atoms with Crippen molar-refractivity contribution in [2.24, 2.45) is 23.7 Å². The van der Waals surface area contributed by atoms with Crippen molar-refractivity contribution in [2.45, 2.75) is 65.3 Å². The molecular formula is C17H31NO2. The number of carbonyl (C=O) groups is 1. The number of carboxylic acids is 1. The zero-order valence-electron chi connectivity index (χ0n) is 13.3. The third-order valence-corrected chi connectivity index (χ3v) is 5.65.